The zero-order valence-electron chi connectivity index (χ0n) is 14.2. The number of amides is 1. The summed E-state index contributed by atoms with van der Waals surface area (Å²) in [5, 5.41) is 2.82. The van der Waals surface area contributed by atoms with Crippen LogP contribution in [-0.2, 0) is 14.3 Å². The monoisotopic (exact) mass is 331 g/mol. The summed E-state index contributed by atoms with van der Waals surface area (Å²) in [5.74, 6) is -0.284. The molecule has 3 rings (SSSR count). The van der Waals surface area contributed by atoms with E-state index in [0.717, 1.165) is 44.1 Å². The fourth-order valence-electron chi connectivity index (χ4n) is 3.16. The van der Waals surface area contributed by atoms with Gasteiger partial charge in [0.25, 0.3) is 0 Å². The summed E-state index contributed by atoms with van der Waals surface area (Å²) >= 11 is 0. The summed E-state index contributed by atoms with van der Waals surface area (Å²) in [6, 6.07) is 0.300. The highest BCUT2D eigenvalue weighted by Crippen LogP contribution is 2.34. The van der Waals surface area contributed by atoms with Crippen molar-refractivity contribution in [3.8, 4) is 0 Å². The van der Waals surface area contributed by atoms with Crippen molar-refractivity contribution in [3.63, 3.8) is 0 Å². The van der Waals surface area contributed by atoms with Gasteiger partial charge in [0.2, 0.25) is 0 Å². The predicted octanol–water partition coefficient (Wildman–Crippen LogP) is 3.42. The molecule has 1 amide bonds. The second kappa shape index (κ2) is 7.24. The third kappa shape index (κ3) is 4.28. The molecule has 24 heavy (non-hydrogen) atoms. The van der Waals surface area contributed by atoms with E-state index in [2.05, 4.69) is 31.0 Å². The number of carbonyl (C=O) groups excluding carboxylic acids is 2. The molecule has 0 bridgehead atoms. The van der Waals surface area contributed by atoms with Crippen LogP contribution in [0.3, 0.4) is 0 Å². The lowest BCUT2D eigenvalue weighted by atomic mass is 9.88. The summed E-state index contributed by atoms with van der Waals surface area (Å²) < 4.78 is 10.8. The third-order valence-electron chi connectivity index (χ3n) is 4.83. The van der Waals surface area contributed by atoms with Gasteiger partial charge in [0.15, 0.2) is 0 Å². The molecular weight excluding hydrogens is 306 g/mol. The number of rotatable bonds is 3. The van der Waals surface area contributed by atoms with Gasteiger partial charge in [-0.15, -0.1) is 0 Å². The van der Waals surface area contributed by atoms with E-state index in [1.165, 1.54) is 5.57 Å². The summed E-state index contributed by atoms with van der Waals surface area (Å²) in [6.45, 7) is 6.25. The fourth-order valence-corrected chi connectivity index (χ4v) is 3.16. The minimum atomic E-state index is -0.340. The quantitative estimate of drug-likeness (QED) is 0.489. The molecule has 0 aromatic heterocycles. The van der Waals surface area contributed by atoms with Crippen LogP contribution in [0.15, 0.2) is 35.5 Å². The Hall–Kier alpha value is -2.04. The molecule has 5 nitrogen and oxygen atoms in total. The van der Waals surface area contributed by atoms with E-state index in [1.54, 1.807) is 0 Å². The first kappa shape index (κ1) is 16.8. The maximum atomic E-state index is 11.8. The van der Waals surface area contributed by atoms with Crippen LogP contribution in [0.1, 0.15) is 45.4 Å². The second-order valence-corrected chi connectivity index (χ2v) is 6.95. The normalized spacial score (nSPS) is 31.9. The maximum Gasteiger partial charge on any atom is 0.407 e. The molecular formula is C19H25NO4. The molecule has 1 unspecified atom stereocenters. The number of alkyl carbamates (subject to hydrolysis) is 1. The van der Waals surface area contributed by atoms with Gasteiger partial charge in [-0.25, -0.2) is 9.59 Å². The van der Waals surface area contributed by atoms with Crippen molar-refractivity contribution in [3.05, 3.63) is 35.5 Å². The molecule has 0 spiro atoms. The van der Waals surface area contributed by atoms with E-state index in [0.29, 0.717) is 18.2 Å². The van der Waals surface area contributed by atoms with Crippen molar-refractivity contribution in [2.75, 3.05) is 6.61 Å². The summed E-state index contributed by atoms with van der Waals surface area (Å²) in [6.07, 6.45) is 9.12. The zero-order chi connectivity index (χ0) is 17.1. The van der Waals surface area contributed by atoms with Crippen molar-refractivity contribution in [1.82, 2.24) is 5.32 Å². The molecule has 2 aliphatic carbocycles. The standard InChI is InChI=1S/C19H25NO4/c1-12-4-3-5-14(11-23-19(22)20-15-7-8-15)6-9-16-13(2)18(21)24-17(16)10-12/h5,10,15-17H,2-4,6-9,11H2,1H3,(H,20,22)/b12-10+,14-5-/t16-,17?/m1/s1. The van der Waals surface area contributed by atoms with Crippen molar-refractivity contribution < 1.29 is 19.1 Å². The summed E-state index contributed by atoms with van der Waals surface area (Å²) in [7, 11) is 0. The average Bonchev–Trinajstić information content (AvgIpc) is 3.30. The van der Waals surface area contributed by atoms with Gasteiger partial charge in [-0.1, -0.05) is 18.2 Å². The van der Waals surface area contributed by atoms with Gasteiger partial charge in [-0.2, -0.15) is 0 Å². The number of hydrogen-bond donors (Lipinski definition) is 1. The smallest absolute Gasteiger partial charge is 0.407 e. The Labute approximate surface area is 142 Å². The maximum absolute atomic E-state index is 11.8. The molecule has 2 atom stereocenters. The van der Waals surface area contributed by atoms with Crippen molar-refractivity contribution >= 4 is 12.1 Å². The number of esters is 1. The largest absolute Gasteiger partial charge is 0.454 e. The van der Waals surface area contributed by atoms with Gasteiger partial charge >= 0.3 is 12.1 Å². The van der Waals surface area contributed by atoms with E-state index in [-0.39, 0.29) is 24.1 Å². The second-order valence-electron chi connectivity index (χ2n) is 6.95. The summed E-state index contributed by atoms with van der Waals surface area (Å²) in [4.78, 5) is 23.5. The highest BCUT2D eigenvalue weighted by atomic mass is 16.6. The molecule has 1 N–H and O–H groups in total. The molecule has 0 radical (unpaired) electrons. The molecule has 1 heterocycles. The number of ether oxygens (including phenoxy) is 2. The lowest BCUT2D eigenvalue weighted by molar-refractivity contribution is -0.137. The highest BCUT2D eigenvalue weighted by Gasteiger charge is 2.37. The molecule has 0 aromatic rings. The van der Waals surface area contributed by atoms with Crippen LogP contribution in [0, 0.1) is 5.92 Å². The highest BCUT2D eigenvalue weighted by molar-refractivity contribution is 5.91. The third-order valence-corrected chi connectivity index (χ3v) is 4.83. The Bertz CT molecular complexity index is 600. The Morgan fingerprint density at radius 3 is 2.92 bits per heavy atom. The van der Waals surface area contributed by atoms with Crippen LogP contribution in [0.4, 0.5) is 4.79 Å². The predicted molar refractivity (Wildman–Crippen MR) is 90.3 cm³/mol. The zero-order valence-corrected chi connectivity index (χ0v) is 14.2. The van der Waals surface area contributed by atoms with Gasteiger partial charge in [0.05, 0.1) is 0 Å². The van der Waals surface area contributed by atoms with E-state index in [9.17, 15) is 9.59 Å². The minimum Gasteiger partial charge on any atom is -0.454 e. The number of allylic oxidation sites excluding steroid dienone is 2. The molecule has 5 heteroatoms. The molecule has 1 saturated carbocycles. The van der Waals surface area contributed by atoms with Crippen LogP contribution in [0.5, 0.6) is 0 Å². The lowest BCUT2D eigenvalue weighted by Crippen LogP contribution is -2.27. The Balaban J connectivity index is 1.61. The van der Waals surface area contributed by atoms with Gasteiger partial charge in [-0.3, -0.25) is 0 Å². The van der Waals surface area contributed by atoms with Crippen LogP contribution >= 0.6 is 0 Å². The Morgan fingerprint density at radius 2 is 2.17 bits per heavy atom. The number of nitrogens with one attached hydrogen (secondary N) is 1. The van der Waals surface area contributed by atoms with Crippen molar-refractivity contribution in [2.24, 2.45) is 5.92 Å². The van der Waals surface area contributed by atoms with Gasteiger partial charge in [-0.05, 0) is 57.1 Å². The molecule has 3 aliphatic rings. The van der Waals surface area contributed by atoms with Crippen LogP contribution in [0.25, 0.3) is 0 Å². The first-order chi connectivity index (χ1) is 11.5. The first-order valence-electron chi connectivity index (χ1n) is 8.71. The fraction of sp³-hybridized carbons (Fsp3) is 0.579. The van der Waals surface area contributed by atoms with Gasteiger partial charge in [0.1, 0.15) is 12.7 Å². The van der Waals surface area contributed by atoms with E-state index in [4.69, 9.17) is 9.47 Å². The van der Waals surface area contributed by atoms with Crippen molar-refractivity contribution in [2.45, 2.75) is 57.6 Å². The molecule has 1 aliphatic heterocycles. The topological polar surface area (TPSA) is 64.6 Å². The van der Waals surface area contributed by atoms with E-state index in [1.807, 2.05) is 0 Å². The minimum absolute atomic E-state index is 0.00856. The Kier molecular flexibility index (Phi) is 5.07. The SMILES string of the molecule is C=C1C(=O)OC2/C=C(\C)CC/C=C(\COC(=O)NC3CC3)CC[C@H]12. The number of carbonyl (C=O) groups is 2. The van der Waals surface area contributed by atoms with Crippen LogP contribution in [-0.4, -0.2) is 30.8 Å². The van der Waals surface area contributed by atoms with Crippen molar-refractivity contribution in [1.29, 1.82) is 0 Å². The first-order valence-corrected chi connectivity index (χ1v) is 8.71. The molecule has 0 aromatic carbocycles. The van der Waals surface area contributed by atoms with Gasteiger partial charge < -0.3 is 14.8 Å². The van der Waals surface area contributed by atoms with Crippen LogP contribution < -0.4 is 5.32 Å². The Morgan fingerprint density at radius 1 is 1.38 bits per heavy atom. The van der Waals surface area contributed by atoms with Gasteiger partial charge in [0, 0.05) is 17.5 Å². The molecule has 130 valence electrons. The summed E-state index contributed by atoms with van der Waals surface area (Å²) in [5.41, 5.74) is 2.86. The molecule has 2 fully saturated rings. The van der Waals surface area contributed by atoms with Crippen LogP contribution in [0.2, 0.25) is 0 Å². The average molecular weight is 331 g/mol. The van der Waals surface area contributed by atoms with E-state index >= 15 is 0 Å². The number of fused-ring (bicyclic) bond motifs is 1. The van der Waals surface area contributed by atoms with E-state index < -0.39 is 0 Å². The molecule has 1 saturated heterocycles. The number of hydrogen-bond acceptors (Lipinski definition) is 4. The lowest BCUT2D eigenvalue weighted by Gasteiger charge is -2.18.